The van der Waals surface area contributed by atoms with Crippen molar-refractivity contribution in [3.63, 3.8) is 0 Å². The Bertz CT molecular complexity index is 2760. The van der Waals surface area contributed by atoms with Gasteiger partial charge in [-0.1, -0.05) is 33.3 Å². The van der Waals surface area contributed by atoms with E-state index in [1.807, 2.05) is 42.2 Å². The third-order valence-electron chi connectivity index (χ3n) is 13.6. The first-order valence-electron chi connectivity index (χ1n) is 27.3. The molecule has 1 saturated carbocycles. The number of esters is 1. The molecule has 0 aromatic heterocycles. The fraction of sp³-hybridized carbons (Fsp3) is 0.614. The summed E-state index contributed by atoms with van der Waals surface area (Å²) in [7, 11) is -5.76. The van der Waals surface area contributed by atoms with E-state index in [1.54, 1.807) is 20.3 Å². The molecule has 4 aliphatic rings. The van der Waals surface area contributed by atoms with Crippen molar-refractivity contribution < 1.29 is 87.4 Å². The zero-order valence-corrected chi connectivity index (χ0v) is 48.9. The molecule has 1 unspecified atom stereocenters. The Kier molecular flexibility index (Phi) is 27.1. The van der Waals surface area contributed by atoms with Crippen LogP contribution in [0.5, 0.6) is 0 Å². The maximum absolute atomic E-state index is 12.6. The average molecular weight is 1160 g/mol. The second-order valence-electron chi connectivity index (χ2n) is 20.7. The molecule has 0 bridgehead atoms. The molecule has 2 aliphatic heterocycles. The number of rotatable bonds is 38. The van der Waals surface area contributed by atoms with Crippen molar-refractivity contribution in [1.29, 1.82) is 0 Å². The van der Waals surface area contributed by atoms with Gasteiger partial charge < -0.3 is 51.9 Å². The summed E-state index contributed by atoms with van der Waals surface area (Å²) in [6.45, 7) is 16.0. The number of hydrogen-bond acceptors (Lipinski definition) is 18. The molecule has 1 aromatic carbocycles. The molecule has 1 aromatic rings. The van der Waals surface area contributed by atoms with Crippen LogP contribution < -0.4 is 14.8 Å². The number of ketones is 2. The molecular formula is C57H83N2O19S2+. The monoisotopic (exact) mass is 1160 g/mol. The number of carbonyl (C=O) groups is 3. The SMILES string of the molecule is COCCOCCOCCOCC[N+](CCOCCOCCOCCOC)=c1ccc2c(C(C)(C)C)cc(/C=C/C=C3/N(CCCCCC(=O)OC4C(=O)CCC4=O)c4ccc(S(=O)(=O)O)cc4C3(C)CCCS(=O)(=O)O)oc-2c1. The van der Waals surface area contributed by atoms with Gasteiger partial charge in [0, 0.05) is 68.5 Å². The molecule has 0 amide bonds. The van der Waals surface area contributed by atoms with Crippen LogP contribution in [0.15, 0.2) is 69.6 Å². The van der Waals surface area contributed by atoms with Gasteiger partial charge in [0.1, 0.15) is 24.7 Å². The largest absolute Gasteiger partial charge is 0.456 e. The number of ether oxygens (including phenoxy) is 9. The van der Waals surface area contributed by atoms with Crippen molar-refractivity contribution in [1.82, 2.24) is 4.58 Å². The van der Waals surface area contributed by atoms with Gasteiger partial charge in [-0.2, -0.15) is 16.8 Å². The molecule has 0 spiro atoms. The minimum absolute atomic E-state index is 0.00874. The minimum Gasteiger partial charge on any atom is -0.456 e. The second-order valence-corrected chi connectivity index (χ2v) is 23.7. The van der Waals surface area contributed by atoms with E-state index >= 15 is 0 Å². The summed E-state index contributed by atoms with van der Waals surface area (Å²) < 4.78 is 127. The quantitative estimate of drug-likeness (QED) is 0.0224. The smallest absolute Gasteiger partial charge is 0.306 e. The first-order chi connectivity index (χ1) is 38.2. The number of fused-ring (bicyclic) bond motifs is 2. The van der Waals surface area contributed by atoms with E-state index in [-0.39, 0.29) is 42.4 Å². The molecule has 446 valence electrons. The molecule has 1 fully saturated rings. The van der Waals surface area contributed by atoms with Crippen molar-refractivity contribution in [2.75, 3.05) is 137 Å². The van der Waals surface area contributed by atoms with E-state index in [1.165, 1.54) is 12.1 Å². The van der Waals surface area contributed by atoms with Crippen LogP contribution in [0.25, 0.3) is 17.4 Å². The summed E-state index contributed by atoms with van der Waals surface area (Å²) in [5.41, 5.74) is 2.42. The first-order valence-corrected chi connectivity index (χ1v) is 30.3. The van der Waals surface area contributed by atoms with Crippen LogP contribution in [0.4, 0.5) is 5.69 Å². The summed E-state index contributed by atoms with van der Waals surface area (Å²) in [4.78, 5) is 38.4. The zero-order chi connectivity index (χ0) is 58.2. The summed E-state index contributed by atoms with van der Waals surface area (Å²) in [6, 6.07) is 12.4. The fourth-order valence-electron chi connectivity index (χ4n) is 9.45. The van der Waals surface area contributed by atoms with E-state index in [9.17, 15) is 40.3 Å². The van der Waals surface area contributed by atoms with E-state index in [4.69, 9.17) is 47.0 Å². The van der Waals surface area contributed by atoms with Crippen LogP contribution in [0.2, 0.25) is 0 Å². The van der Waals surface area contributed by atoms with Crippen molar-refractivity contribution in [2.24, 2.45) is 0 Å². The van der Waals surface area contributed by atoms with E-state index in [2.05, 4.69) is 37.5 Å². The Morgan fingerprint density at radius 1 is 0.738 bits per heavy atom. The number of benzene rings is 2. The number of allylic oxidation sites excluding steroid dienone is 3. The Hall–Kier alpha value is -4.76. The summed E-state index contributed by atoms with van der Waals surface area (Å²) >= 11 is 0. The zero-order valence-electron chi connectivity index (χ0n) is 47.3. The van der Waals surface area contributed by atoms with Crippen LogP contribution in [0.3, 0.4) is 0 Å². The van der Waals surface area contributed by atoms with Crippen LogP contribution in [-0.4, -0.2) is 182 Å². The Labute approximate surface area is 471 Å². The predicted octanol–water partition coefficient (Wildman–Crippen LogP) is 5.84. The lowest BCUT2D eigenvalue weighted by molar-refractivity contribution is -0.157. The average Bonchev–Trinajstić information content (AvgIpc) is 4.10. The number of Topliss-reactive ketones (excluding diaryl/α,β-unsaturated/α-hetero) is 2. The lowest BCUT2D eigenvalue weighted by Gasteiger charge is -2.30. The van der Waals surface area contributed by atoms with Crippen molar-refractivity contribution >= 4 is 49.5 Å². The van der Waals surface area contributed by atoms with Crippen LogP contribution >= 0.6 is 0 Å². The number of hydrogen-bond donors (Lipinski definition) is 2. The van der Waals surface area contributed by atoms with Crippen LogP contribution in [-0.2, 0) is 88.1 Å². The van der Waals surface area contributed by atoms with Gasteiger partial charge in [0.25, 0.3) is 20.2 Å². The van der Waals surface area contributed by atoms with Gasteiger partial charge in [-0.25, -0.2) is 4.58 Å². The highest BCUT2D eigenvalue weighted by Gasteiger charge is 2.44. The number of anilines is 1. The first kappa shape index (κ1) is 66.0. The molecule has 2 aliphatic carbocycles. The Morgan fingerprint density at radius 2 is 1.30 bits per heavy atom. The standard InChI is InChI=1S/C57H82N2O19S2/c1-56(2,3)47-41-44(77-52-40-43(15-17-46(47)52)58(23-25-71-31-33-75-37-35-73-29-27-69-5)24-26-72-32-34-76-38-36-74-30-28-70-6)12-10-13-53-57(4,21-11-39-79(63,64)65)48-42-45(80(66,67)68)16-18-49(48)59(53)22-9-7-8-14-54(62)78-55-50(60)19-20-51(55)61/h10,12-13,15-18,40-42,55H,7-9,11,14,19-39H2,1-6H3,(H-,63,64,65,66,67,68)/p+1. The number of methoxy groups -OCH3 is 2. The minimum atomic E-state index is -4.65. The van der Waals surface area contributed by atoms with E-state index in [0.717, 1.165) is 16.5 Å². The number of unbranched alkanes of at least 4 members (excludes halogenated alkanes) is 2. The summed E-state index contributed by atoms with van der Waals surface area (Å²) in [5, 5.41) is 0.880. The van der Waals surface area contributed by atoms with Gasteiger partial charge in [-0.3, -0.25) is 23.5 Å². The predicted molar refractivity (Wildman–Crippen MR) is 299 cm³/mol. The molecule has 0 saturated heterocycles. The molecule has 80 heavy (non-hydrogen) atoms. The van der Waals surface area contributed by atoms with Crippen molar-refractivity contribution in [2.45, 2.75) is 101 Å². The maximum atomic E-state index is 12.6. The van der Waals surface area contributed by atoms with Gasteiger partial charge >= 0.3 is 5.97 Å². The molecule has 2 N–H and O–H groups in total. The third kappa shape index (κ3) is 21.2. The molecule has 0 radical (unpaired) electrons. The van der Waals surface area contributed by atoms with Gasteiger partial charge in [0.2, 0.25) is 11.5 Å². The molecule has 1 atom stereocenters. The summed E-state index contributed by atoms with van der Waals surface area (Å²) in [5.74, 6) is -0.824. The number of carbonyl (C=O) groups excluding carboxylic acids is 3. The molecule has 5 rings (SSSR count). The van der Waals surface area contributed by atoms with Crippen molar-refractivity contribution in [3.05, 3.63) is 82.6 Å². The Balaban J connectivity index is 1.44. The van der Waals surface area contributed by atoms with Crippen molar-refractivity contribution in [3.8, 4) is 11.3 Å². The Morgan fingerprint density at radius 3 is 1.84 bits per heavy atom. The normalized spacial score (nSPS) is 16.8. The van der Waals surface area contributed by atoms with E-state index in [0.29, 0.717) is 160 Å². The highest BCUT2D eigenvalue weighted by atomic mass is 32.2. The molecular weight excluding hydrogens is 1080 g/mol. The topological polar surface area (TPSA) is 262 Å². The van der Waals surface area contributed by atoms with Gasteiger partial charge in [0.15, 0.2) is 24.7 Å². The van der Waals surface area contributed by atoms with Gasteiger partial charge in [-0.15, -0.1) is 0 Å². The van der Waals surface area contributed by atoms with Gasteiger partial charge in [-0.05, 0) is 91.6 Å². The third-order valence-corrected chi connectivity index (χ3v) is 15.3. The van der Waals surface area contributed by atoms with Crippen LogP contribution in [0, 0.1) is 0 Å². The van der Waals surface area contributed by atoms with Crippen LogP contribution in [0.1, 0.15) is 95.9 Å². The highest BCUT2D eigenvalue weighted by molar-refractivity contribution is 7.86. The number of nitrogens with zero attached hydrogens (tertiary/aromatic N) is 2. The van der Waals surface area contributed by atoms with E-state index < -0.39 is 55.0 Å². The highest BCUT2D eigenvalue weighted by Crippen LogP contribution is 2.51. The molecule has 23 heteroatoms. The fourth-order valence-corrected chi connectivity index (χ4v) is 10.5. The van der Waals surface area contributed by atoms with Gasteiger partial charge in [0.05, 0.1) is 96.0 Å². The molecule has 21 nitrogen and oxygen atoms in total. The lowest BCUT2D eigenvalue weighted by atomic mass is 9.77. The summed E-state index contributed by atoms with van der Waals surface area (Å²) in [6.07, 6.45) is 5.91. The molecule has 2 heterocycles. The maximum Gasteiger partial charge on any atom is 0.306 e. The second kappa shape index (κ2) is 32.8. The lowest BCUT2D eigenvalue weighted by Crippen LogP contribution is -2.36.